The number of benzene rings is 1. The summed E-state index contributed by atoms with van der Waals surface area (Å²) >= 11 is 5.90. The van der Waals surface area contributed by atoms with Crippen LogP contribution in [0.2, 0.25) is 5.02 Å². The molecule has 0 aliphatic heterocycles. The number of aromatic nitrogens is 2. The monoisotopic (exact) mass is 265 g/mol. The number of aryl methyl sites for hydroxylation is 1. The Labute approximate surface area is 109 Å². The Balaban J connectivity index is 2.05. The minimum Gasteiger partial charge on any atom is -0.457 e. The molecule has 6 heteroatoms. The van der Waals surface area contributed by atoms with E-state index in [1.807, 2.05) is 0 Å². The minimum absolute atomic E-state index is 0.151. The molecule has 0 bridgehead atoms. The van der Waals surface area contributed by atoms with Crippen molar-refractivity contribution in [1.29, 1.82) is 0 Å². The van der Waals surface area contributed by atoms with E-state index in [1.165, 1.54) is 6.07 Å². The van der Waals surface area contributed by atoms with E-state index in [-0.39, 0.29) is 12.2 Å². The van der Waals surface area contributed by atoms with Crippen molar-refractivity contribution in [2.75, 3.05) is 5.73 Å². The van der Waals surface area contributed by atoms with Gasteiger partial charge in [-0.05, 0) is 18.2 Å². The maximum absolute atomic E-state index is 11.8. The van der Waals surface area contributed by atoms with Crippen LogP contribution >= 0.6 is 11.6 Å². The molecule has 0 saturated heterocycles. The summed E-state index contributed by atoms with van der Waals surface area (Å²) < 4.78 is 6.77. The standard InChI is InChI=1S/C12H12ClN3O2/c1-16-6-8(5-15-16)7-18-12(17)10-4-9(14)2-3-11(10)13/h2-6H,7,14H2,1H3. The smallest absolute Gasteiger partial charge is 0.340 e. The number of hydrogen-bond acceptors (Lipinski definition) is 4. The van der Waals surface area contributed by atoms with Crippen LogP contribution in [0.4, 0.5) is 5.69 Å². The number of esters is 1. The number of anilines is 1. The highest BCUT2D eigenvalue weighted by molar-refractivity contribution is 6.33. The Morgan fingerprint density at radius 3 is 3.00 bits per heavy atom. The van der Waals surface area contributed by atoms with E-state index in [0.29, 0.717) is 10.7 Å². The van der Waals surface area contributed by atoms with E-state index in [9.17, 15) is 4.79 Å². The normalized spacial score (nSPS) is 10.3. The number of carbonyl (C=O) groups excluding carboxylic acids is 1. The fraction of sp³-hybridized carbons (Fsp3) is 0.167. The highest BCUT2D eigenvalue weighted by Crippen LogP contribution is 2.20. The molecule has 18 heavy (non-hydrogen) atoms. The third-order valence-corrected chi connectivity index (χ3v) is 2.67. The van der Waals surface area contributed by atoms with E-state index >= 15 is 0 Å². The summed E-state index contributed by atoms with van der Waals surface area (Å²) in [6, 6.07) is 4.69. The summed E-state index contributed by atoms with van der Waals surface area (Å²) in [6.45, 7) is 0.151. The van der Waals surface area contributed by atoms with Gasteiger partial charge in [-0.2, -0.15) is 5.10 Å². The van der Waals surface area contributed by atoms with Gasteiger partial charge in [0.2, 0.25) is 0 Å². The summed E-state index contributed by atoms with van der Waals surface area (Å²) in [4.78, 5) is 11.8. The SMILES string of the molecule is Cn1cc(COC(=O)c2cc(N)ccc2Cl)cn1. The second-order valence-electron chi connectivity index (χ2n) is 3.84. The molecule has 94 valence electrons. The highest BCUT2D eigenvalue weighted by Gasteiger charge is 2.12. The first-order valence-corrected chi connectivity index (χ1v) is 5.64. The number of rotatable bonds is 3. The maximum Gasteiger partial charge on any atom is 0.340 e. The van der Waals surface area contributed by atoms with Gasteiger partial charge < -0.3 is 10.5 Å². The number of nitrogens with two attached hydrogens (primary N) is 1. The molecule has 0 aliphatic rings. The van der Waals surface area contributed by atoms with E-state index in [2.05, 4.69) is 5.10 Å². The molecule has 0 radical (unpaired) electrons. The molecule has 0 amide bonds. The Morgan fingerprint density at radius 2 is 2.33 bits per heavy atom. The van der Waals surface area contributed by atoms with Crippen LogP contribution in [-0.4, -0.2) is 15.7 Å². The summed E-state index contributed by atoms with van der Waals surface area (Å²) in [5.74, 6) is -0.504. The molecule has 0 unspecified atom stereocenters. The number of nitrogen functional groups attached to an aromatic ring is 1. The van der Waals surface area contributed by atoms with E-state index in [1.54, 1.807) is 36.3 Å². The number of halogens is 1. The molecule has 0 fully saturated rings. The first kappa shape index (κ1) is 12.4. The Bertz CT molecular complexity index is 580. The zero-order valence-electron chi connectivity index (χ0n) is 9.76. The first-order chi connectivity index (χ1) is 8.56. The van der Waals surface area contributed by atoms with E-state index in [4.69, 9.17) is 22.1 Å². The van der Waals surface area contributed by atoms with Crippen molar-refractivity contribution < 1.29 is 9.53 Å². The maximum atomic E-state index is 11.8. The van der Waals surface area contributed by atoms with Crippen LogP contribution in [0, 0.1) is 0 Å². The van der Waals surface area contributed by atoms with Gasteiger partial charge in [0, 0.05) is 24.5 Å². The molecule has 1 aromatic heterocycles. The van der Waals surface area contributed by atoms with Crippen molar-refractivity contribution >= 4 is 23.3 Å². The lowest BCUT2D eigenvalue weighted by molar-refractivity contribution is 0.0473. The summed E-state index contributed by atoms with van der Waals surface area (Å²) in [5, 5.41) is 4.30. The molecule has 2 N–H and O–H groups in total. The van der Waals surface area contributed by atoms with Crippen molar-refractivity contribution in [3.05, 3.63) is 46.7 Å². The van der Waals surface area contributed by atoms with Crippen molar-refractivity contribution in [1.82, 2.24) is 9.78 Å². The molecular formula is C12H12ClN3O2. The van der Waals surface area contributed by atoms with Crippen molar-refractivity contribution in [3.63, 3.8) is 0 Å². The number of ether oxygens (including phenoxy) is 1. The molecule has 0 atom stereocenters. The van der Waals surface area contributed by atoms with Gasteiger partial charge in [0.25, 0.3) is 0 Å². The van der Waals surface area contributed by atoms with Gasteiger partial charge in [-0.25, -0.2) is 4.79 Å². The largest absolute Gasteiger partial charge is 0.457 e. The second kappa shape index (κ2) is 5.10. The van der Waals surface area contributed by atoms with Gasteiger partial charge in [-0.3, -0.25) is 4.68 Å². The van der Waals surface area contributed by atoms with Crippen LogP contribution in [0.5, 0.6) is 0 Å². The molecule has 1 aromatic carbocycles. The zero-order chi connectivity index (χ0) is 13.1. The lowest BCUT2D eigenvalue weighted by Gasteiger charge is -2.05. The molecule has 0 aliphatic carbocycles. The molecular weight excluding hydrogens is 254 g/mol. The molecule has 0 saturated carbocycles. The molecule has 2 aromatic rings. The first-order valence-electron chi connectivity index (χ1n) is 5.26. The van der Waals surface area contributed by atoms with Crippen molar-refractivity contribution in [2.45, 2.75) is 6.61 Å². The highest BCUT2D eigenvalue weighted by atomic mass is 35.5. The van der Waals surface area contributed by atoms with Crippen LogP contribution in [0.25, 0.3) is 0 Å². The van der Waals surface area contributed by atoms with E-state index < -0.39 is 5.97 Å². The van der Waals surface area contributed by atoms with Gasteiger partial charge >= 0.3 is 5.97 Å². The zero-order valence-corrected chi connectivity index (χ0v) is 10.5. The van der Waals surface area contributed by atoms with Gasteiger partial charge in [-0.15, -0.1) is 0 Å². The predicted octanol–water partition coefficient (Wildman–Crippen LogP) is 2.01. The lowest BCUT2D eigenvalue weighted by Crippen LogP contribution is -2.06. The number of carbonyl (C=O) groups is 1. The third kappa shape index (κ3) is 2.81. The Hall–Kier alpha value is -2.01. The van der Waals surface area contributed by atoms with Gasteiger partial charge in [0.05, 0.1) is 16.8 Å². The average Bonchev–Trinajstić information content (AvgIpc) is 2.75. The lowest BCUT2D eigenvalue weighted by atomic mass is 10.2. The van der Waals surface area contributed by atoms with Crippen LogP contribution in [0.1, 0.15) is 15.9 Å². The predicted molar refractivity (Wildman–Crippen MR) is 68.2 cm³/mol. The van der Waals surface area contributed by atoms with Gasteiger partial charge in [-0.1, -0.05) is 11.6 Å². The van der Waals surface area contributed by atoms with Crippen molar-refractivity contribution in [3.8, 4) is 0 Å². The summed E-state index contributed by atoms with van der Waals surface area (Å²) in [7, 11) is 1.79. The second-order valence-corrected chi connectivity index (χ2v) is 4.24. The van der Waals surface area contributed by atoms with Crippen LogP contribution < -0.4 is 5.73 Å². The molecule has 1 heterocycles. The number of hydrogen-bond donors (Lipinski definition) is 1. The summed E-state index contributed by atoms with van der Waals surface area (Å²) in [5.41, 5.74) is 7.14. The molecule has 5 nitrogen and oxygen atoms in total. The third-order valence-electron chi connectivity index (χ3n) is 2.34. The van der Waals surface area contributed by atoms with Crippen molar-refractivity contribution in [2.24, 2.45) is 7.05 Å². The quantitative estimate of drug-likeness (QED) is 0.681. The summed E-state index contributed by atoms with van der Waals surface area (Å²) in [6.07, 6.45) is 3.41. The van der Waals surface area contributed by atoms with Gasteiger partial charge in [0.15, 0.2) is 0 Å². The Kier molecular flexibility index (Phi) is 3.53. The van der Waals surface area contributed by atoms with Gasteiger partial charge in [0.1, 0.15) is 6.61 Å². The van der Waals surface area contributed by atoms with Crippen LogP contribution in [0.3, 0.4) is 0 Å². The van der Waals surface area contributed by atoms with E-state index in [0.717, 1.165) is 5.56 Å². The topological polar surface area (TPSA) is 70.1 Å². The molecule has 2 rings (SSSR count). The minimum atomic E-state index is -0.504. The fourth-order valence-corrected chi connectivity index (χ4v) is 1.67. The fourth-order valence-electron chi connectivity index (χ4n) is 1.47. The number of nitrogens with zero attached hydrogens (tertiary/aromatic N) is 2. The molecule has 0 spiro atoms. The Morgan fingerprint density at radius 1 is 1.56 bits per heavy atom. The average molecular weight is 266 g/mol. The van der Waals surface area contributed by atoms with Crippen LogP contribution in [0.15, 0.2) is 30.6 Å². The van der Waals surface area contributed by atoms with Crippen LogP contribution in [-0.2, 0) is 18.4 Å².